The van der Waals surface area contributed by atoms with Crippen molar-refractivity contribution in [1.29, 1.82) is 0 Å². The van der Waals surface area contributed by atoms with Gasteiger partial charge < -0.3 is 44.2 Å². The Hall–Kier alpha value is -8.51. The second kappa shape index (κ2) is 27.8. The quantitative estimate of drug-likeness (QED) is 0.0761. The van der Waals surface area contributed by atoms with Crippen LogP contribution in [-0.4, -0.2) is 40.2 Å². The Morgan fingerprint density at radius 3 is 1.09 bits per heavy atom. The average Bonchev–Trinajstić information content (AvgIpc) is 0.732. The van der Waals surface area contributed by atoms with Crippen molar-refractivity contribution in [2.45, 2.75) is 77.7 Å². The van der Waals surface area contributed by atoms with Crippen molar-refractivity contribution in [2.75, 3.05) is 14.7 Å². The van der Waals surface area contributed by atoms with Gasteiger partial charge in [0, 0.05) is 44.4 Å². The molecule has 3 aliphatic rings. The first-order chi connectivity index (χ1) is 43.0. The van der Waals surface area contributed by atoms with Gasteiger partial charge in [-0.15, -0.1) is 0 Å². The third-order valence-corrected chi connectivity index (χ3v) is 18.2. The number of fused-ring (bicyclic) bond motifs is 12. The molecule has 0 aromatic heterocycles. The number of aldehydes is 1. The van der Waals surface area contributed by atoms with Crippen LogP contribution >= 0.6 is 0 Å². The van der Waals surface area contributed by atoms with Crippen LogP contribution in [0.2, 0.25) is 0 Å². The van der Waals surface area contributed by atoms with Gasteiger partial charge in [0.05, 0.1) is 40.2 Å². The number of aliphatic hydroxyl groups is 1. The van der Waals surface area contributed by atoms with Gasteiger partial charge in [0.15, 0.2) is 5.78 Å². The number of benzene rings is 12. The van der Waals surface area contributed by atoms with Crippen LogP contribution in [0.15, 0.2) is 255 Å². The van der Waals surface area contributed by atoms with Crippen molar-refractivity contribution in [3.8, 4) is 0 Å². The summed E-state index contributed by atoms with van der Waals surface area (Å²) in [4.78, 5) is 30.2. The van der Waals surface area contributed by atoms with Gasteiger partial charge in [0.2, 0.25) is 0 Å². The molecule has 0 aliphatic carbocycles. The van der Waals surface area contributed by atoms with Crippen LogP contribution in [-0.2, 0) is 38.7 Å². The van der Waals surface area contributed by atoms with Crippen LogP contribution in [0.1, 0.15) is 121 Å². The van der Waals surface area contributed by atoms with Gasteiger partial charge in [0.1, 0.15) is 6.29 Å². The number of para-hydroxylation sites is 6. The van der Waals surface area contributed by atoms with E-state index in [1.807, 2.05) is 43.3 Å². The van der Waals surface area contributed by atoms with Gasteiger partial charge in [-0.2, -0.15) is 0 Å². The summed E-state index contributed by atoms with van der Waals surface area (Å²) in [5.41, 5.74) is 20.6. The number of carbonyl (C=O) groups is 2. The Bertz CT molecular complexity index is 4740. The molecular weight excluding hydrogens is 1250 g/mol. The van der Waals surface area contributed by atoms with Gasteiger partial charge in [-0.25, -0.2) is 0 Å². The molecular formula is C81H72BrMgMnN3O5. The molecule has 11 heteroatoms. The van der Waals surface area contributed by atoms with E-state index in [1.54, 1.807) is 6.92 Å². The first-order valence-corrected chi connectivity index (χ1v) is 31.0. The molecule has 0 saturated heterocycles. The summed E-state index contributed by atoms with van der Waals surface area (Å²) in [5, 5.41) is 17.1. The summed E-state index contributed by atoms with van der Waals surface area (Å²) in [6, 6.07) is 89.1. The molecule has 92 heavy (non-hydrogen) atoms. The van der Waals surface area contributed by atoms with E-state index in [0.717, 1.165) is 45.2 Å². The van der Waals surface area contributed by atoms with Crippen molar-refractivity contribution >= 4 is 119 Å². The number of carbonyl (C=O) groups excluding carboxylic acids is 2. The minimum atomic E-state index is -1.44. The van der Waals surface area contributed by atoms with Crippen molar-refractivity contribution in [2.24, 2.45) is 0 Å². The molecule has 0 bridgehead atoms. The number of aliphatic hydroxyl groups excluding tert-OH is 1. The number of hydrogen-bond donors (Lipinski definition) is 1. The van der Waals surface area contributed by atoms with Gasteiger partial charge in [-0.3, -0.25) is 9.59 Å². The van der Waals surface area contributed by atoms with E-state index in [1.165, 1.54) is 89.0 Å². The summed E-state index contributed by atoms with van der Waals surface area (Å²) >= 11 is -1.44. The van der Waals surface area contributed by atoms with Crippen molar-refractivity contribution in [3.63, 3.8) is 0 Å². The molecule has 15 rings (SSSR count). The zero-order valence-corrected chi connectivity index (χ0v) is 57.5. The molecule has 1 atom stereocenters. The SMILES string of the molecule is CC(=O)c1ccc2c3c(ccc2c1)N(c1ccccc1)c1ccccc1C3(C)C.CC(O)c1ccc2c3c(ccc2c1)N(c1ccccc1)c1ccccc1C3(C)C.CC1(C)c2ccccc2N(c2ccccc2)c2ccc3cc(C=O)ccc3c21.[Br-].[CH3-].[Mg+2].[O]=[Mn]=[O]. The number of rotatable bonds is 6. The maximum absolute atomic E-state index is 11.9. The molecule has 457 valence electrons. The first-order valence-electron chi connectivity index (χ1n) is 30.1. The van der Waals surface area contributed by atoms with Crippen molar-refractivity contribution < 1.29 is 54.2 Å². The Balaban J connectivity index is 0.000000157. The molecule has 0 amide bonds. The topological polar surface area (TPSA) is 98.2 Å². The number of Topliss-reactive ketones (excluding diaryl/α,β-unsaturated/α-hetero) is 1. The number of ketones is 1. The van der Waals surface area contributed by atoms with Crippen LogP contribution in [0.5, 0.6) is 0 Å². The van der Waals surface area contributed by atoms with E-state index in [9.17, 15) is 14.7 Å². The minimum absolute atomic E-state index is 0. The average molecular weight is 1330 g/mol. The van der Waals surface area contributed by atoms with Gasteiger partial charge in [-0.05, 0) is 176 Å². The Morgan fingerprint density at radius 2 is 0.739 bits per heavy atom. The summed E-state index contributed by atoms with van der Waals surface area (Å²) < 4.78 is 16.8. The molecule has 0 radical (unpaired) electrons. The van der Waals surface area contributed by atoms with Crippen LogP contribution in [0.25, 0.3) is 32.3 Å². The Labute approximate surface area is 573 Å². The molecule has 3 heterocycles. The van der Waals surface area contributed by atoms with E-state index in [2.05, 4.69) is 275 Å². The maximum atomic E-state index is 11.9. The van der Waals surface area contributed by atoms with Crippen molar-refractivity contribution in [1.82, 2.24) is 0 Å². The molecule has 1 N–H and O–H groups in total. The molecule has 8 nitrogen and oxygen atoms in total. The van der Waals surface area contributed by atoms with Gasteiger partial charge >= 0.3 is 45.5 Å². The molecule has 12 aromatic carbocycles. The van der Waals surface area contributed by atoms with Gasteiger partial charge in [0.25, 0.3) is 0 Å². The fourth-order valence-corrected chi connectivity index (χ4v) is 14.0. The standard InChI is InChI=1S/C27H25NO.C27H23NO.C26H21NO.CH3.BrH.Mg.Mn.2O/c2*1-18(29)19-13-15-22-20(17-19)14-16-25-26(22)27(2,3)23-11-7-8-12-24(23)28(25)21-9-5-4-6-10-21;1-26(2)22-10-6-7-11-23(22)27(20-8-4-3-5-9-20)24-15-13-19-16-18(17-28)12-14-21(19)25(24)26;;;;;;/h4-18,29H,1-3H3;4-17H,1-3H3;3-17H,1-2H3;1H3;1H;;;;/q;;;-1;;+2;;;/p-1. The number of hydrogen-bond acceptors (Lipinski definition) is 8. The summed E-state index contributed by atoms with van der Waals surface area (Å²) in [5.74, 6) is 0.0974. The second-order valence-corrected chi connectivity index (χ2v) is 24.8. The zero-order valence-electron chi connectivity index (χ0n) is 53.3. The number of nitrogens with zero attached hydrogens (tertiary/aromatic N) is 3. The fourth-order valence-electron chi connectivity index (χ4n) is 14.0. The molecule has 0 spiro atoms. The number of halogens is 1. The van der Waals surface area contributed by atoms with Crippen LogP contribution in [0.4, 0.5) is 51.2 Å². The van der Waals surface area contributed by atoms with E-state index in [0.29, 0.717) is 5.56 Å². The summed E-state index contributed by atoms with van der Waals surface area (Å²) in [6.07, 6.45) is 0.445. The summed E-state index contributed by atoms with van der Waals surface area (Å²) in [7, 11) is 0. The van der Waals surface area contributed by atoms with E-state index in [-0.39, 0.29) is 69.5 Å². The van der Waals surface area contributed by atoms with Crippen LogP contribution < -0.4 is 31.7 Å². The monoisotopic (exact) mass is 1320 g/mol. The predicted molar refractivity (Wildman–Crippen MR) is 372 cm³/mol. The molecule has 3 aliphatic heterocycles. The second-order valence-electron chi connectivity index (χ2n) is 24.6. The van der Waals surface area contributed by atoms with E-state index >= 15 is 0 Å². The number of anilines is 9. The third-order valence-electron chi connectivity index (χ3n) is 18.2. The first kappa shape index (κ1) is 67.9. The molecule has 0 saturated carbocycles. The van der Waals surface area contributed by atoms with E-state index < -0.39 is 20.9 Å². The normalized spacial score (nSPS) is 14.0. The van der Waals surface area contributed by atoms with Crippen LogP contribution in [0, 0.1) is 7.43 Å². The zero-order chi connectivity index (χ0) is 62.4. The molecule has 12 aromatic rings. The fraction of sp³-hybridized carbons (Fsp3) is 0.148. The van der Waals surface area contributed by atoms with Crippen molar-refractivity contribution in [3.05, 3.63) is 312 Å². The molecule has 0 fully saturated rings. The molecule has 1 unspecified atom stereocenters. The Morgan fingerprint density at radius 1 is 0.424 bits per heavy atom. The Kier molecular flexibility index (Phi) is 20.5. The third kappa shape index (κ3) is 12.1. The predicted octanol–water partition coefficient (Wildman–Crippen LogP) is 17.7. The van der Waals surface area contributed by atoms with Crippen LogP contribution in [0.3, 0.4) is 0 Å². The van der Waals surface area contributed by atoms with Gasteiger partial charge in [-0.1, -0.05) is 205 Å². The van der Waals surface area contributed by atoms with E-state index in [4.69, 9.17) is 7.67 Å². The summed E-state index contributed by atoms with van der Waals surface area (Å²) in [6.45, 7) is 17.2.